The van der Waals surface area contributed by atoms with Crippen LogP contribution in [0.5, 0.6) is 0 Å². The molecule has 0 radical (unpaired) electrons. The normalized spacial score (nSPS) is 11.2. The fourth-order valence-electron chi connectivity index (χ4n) is 2.95. The summed E-state index contributed by atoms with van der Waals surface area (Å²) in [5, 5.41) is 6.79. The van der Waals surface area contributed by atoms with Gasteiger partial charge in [-0.25, -0.2) is 0 Å². The molecule has 0 N–H and O–H groups in total. The van der Waals surface area contributed by atoms with E-state index in [0.717, 1.165) is 11.3 Å². The first-order valence-corrected chi connectivity index (χ1v) is 9.16. The third-order valence-electron chi connectivity index (χ3n) is 4.24. The van der Waals surface area contributed by atoms with E-state index in [0.29, 0.717) is 19.5 Å². The average molecular weight is 356 g/mol. The largest absolute Gasteiger partial charge is 0.294 e. The predicted molar refractivity (Wildman–Crippen MR) is 111 cm³/mol. The molecule has 0 aliphatic carbocycles. The fraction of sp³-hybridized carbons (Fsp3) is 0.167. The Labute approximate surface area is 161 Å². The molecule has 0 spiro atoms. The summed E-state index contributed by atoms with van der Waals surface area (Å²) in [5.74, 6) is 0.0937. The van der Waals surface area contributed by atoms with Gasteiger partial charge in [0, 0.05) is 11.3 Å². The van der Waals surface area contributed by atoms with Crippen molar-refractivity contribution in [3.63, 3.8) is 0 Å². The molecular formula is C24H24N2O. The molecule has 3 heteroatoms. The van der Waals surface area contributed by atoms with E-state index < -0.39 is 0 Å². The summed E-state index contributed by atoms with van der Waals surface area (Å²) >= 11 is 0. The monoisotopic (exact) mass is 356 g/mol. The Morgan fingerprint density at radius 2 is 1.19 bits per heavy atom. The first-order valence-electron chi connectivity index (χ1n) is 9.16. The van der Waals surface area contributed by atoms with Crippen molar-refractivity contribution < 1.29 is 4.79 Å². The van der Waals surface area contributed by atoms with E-state index >= 15 is 0 Å². The van der Waals surface area contributed by atoms with Gasteiger partial charge in [-0.05, 0) is 18.1 Å². The van der Waals surface area contributed by atoms with Crippen LogP contribution in [0.25, 0.3) is 0 Å². The van der Waals surface area contributed by atoms with E-state index in [2.05, 4.69) is 24.3 Å². The van der Waals surface area contributed by atoms with E-state index in [1.165, 1.54) is 11.1 Å². The third kappa shape index (κ3) is 5.93. The lowest BCUT2D eigenvalue weighted by atomic mass is 10.1. The van der Waals surface area contributed by atoms with E-state index in [1.54, 1.807) is 0 Å². The van der Waals surface area contributed by atoms with Crippen LogP contribution in [0.1, 0.15) is 34.8 Å². The molecule has 0 fully saturated rings. The number of carbonyl (C=O) groups excluding carboxylic acids is 1. The molecule has 3 rings (SSSR count). The van der Waals surface area contributed by atoms with E-state index in [4.69, 9.17) is 5.10 Å². The zero-order valence-electron chi connectivity index (χ0n) is 15.6. The molecule has 0 saturated heterocycles. The number of hydrogen-bond donors (Lipinski definition) is 0. The average Bonchev–Trinajstić information content (AvgIpc) is 2.70. The lowest BCUT2D eigenvalue weighted by molar-refractivity contribution is 0.1000. The molecule has 0 heterocycles. The zero-order chi connectivity index (χ0) is 18.9. The van der Waals surface area contributed by atoms with Gasteiger partial charge < -0.3 is 0 Å². The van der Waals surface area contributed by atoms with Crippen LogP contribution in [0.15, 0.2) is 96.1 Å². The molecule has 0 amide bonds. The third-order valence-corrected chi connectivity index (χ3v) is 4.24. The number of benzene rings is 3. The van der Waals surface area contributed by atoms with Crippen molar-refractivity contribution in [2.45, 2.75) is 26.4 Å². The molecule has 3 aromatic rings. The minimum atomic E-state index is 0.0937. The van der Waals surface area contributed by atoms with Gasteiger partial charge in [0.1, 0.15) is 0 Å². The number of ketones is 1. The highest BCUT2D eigenvalue weighted by Gasteiger charge is 2.10. The Bertz CT molecular complexity index is 833. The molecule has 0 unspecified atom stereocenters. The van der Waals surface area contributed by atoms with Gasteiger partial charge in [0.05, 0.1) is 19.5 Å². The summed E-state index contributed by atoms with van der Waals surface area (Å²) in [6, 6.07) is 29.9. The quantitative estimate of drug-likeness (QED) is 0.310. The Hall–Kier alpha value is -3.20. The predicted octanol–water partition coefficient (Wildman–Crippen LogP) is 5.34. The van der Waals surface area contributed by atoms with Crippen molar-refractivity contribution in [3.05, 3.63) is 108 Å². The number of carbonyl (C=O) groups is 1. The second kappa shape index (κ2) is 9.48. The van der Waals surface area contributed by atoms with Crippen molar-refractivity contribution in [1.29, 1.82) is 0 Å². The minimum absolute atomic E-state index is 0.0937. The van der Waals surface area contributed by atoms with Crippen LogP contribution in [0, 0.1) is 0 Å². The molecule has 0 saturated carbocycles. The Morgan fingerprint density at radius 3 is 1.67 bits per heavy atom. The van der Waals surface area contributed by atoms with Crippen LogP contribution in [-0.4, -0.2) is 16.5 Å². The molecule has 0 aliphatic rings. The fourth-order valence-corrected chi connectivity index (χ4v) is 2.95. The molecule has 0 aromatic heterocycles. The molecule has 3 nitrogen and oxygen atoms in total. The lowest BCUT2D eigenvalue weighted by Gasteiger charge is -2.21. The van der Waals surface area contributed by atoms with Crippen molar-refractivity contribution in [3.8, 4) is 0 Å². The summed E-state index contributed by atoms with van der Waals surface area (Å²) in [6.07, 6.45) is 0.324. The molecular weight excluding hydrogens is 332 g/mol. The van der Waals surface area contributed by atoms with Crippen LogP contribution in [0.4, 0.5) is 0 Å². The first kappa shape index (κ1) is 18.6. The van der Waals surface area contributed by atoms with Crippen LogP contribution < -0.4 is 0 Å². The molecule has 27 heavy (non-hydrogen) atoms. The molecule has 0 bridgehead atoms. The smallest absolute Gasteiger partial charge is 0.168 e. The van der Waals surface area contributed by atoms with Gasteiger partial charge in [-0.15, -0.1) is 0 Å². The standard InChI is InChI=1S/C24H24N2O/c1-20(17-24(27)23-15-9-4-10-16-23)25-26(18-21-11-5-2-6-12-21)19-22-13-7-3-8-14-22/h2-16H,17-19H2,1H3/b25-20+. The molecule has 3 aromatic carbocycles. The first-order chi connectivity index (χ1) is 13.2. The van der Waals surface area contributed by atoms with Gasteiger partial charge >= 0.3 is 0 Å². The van der Waals surface area contributed by atoms with Crippen molar-refractivity contribution in [2.75, 3.05) is 0 Å². The SMILES string of the molecule is C/C(CC(=O)c1ccccc1)=N\N(Cc1ccccc1)Cc1ccccc1. The van der Waals surface area contributed by atoms with E-state index in [9.17, 15) is 4.79 Å². The van der Waals surface area contributed by atoms with Crippen LogP contribution >= 0.6 is 0 Å². The number of nitrogens with zero attached hydrogens (tertiary/aromatic N) is 2. The summed E-state index contributed by atoms with van der Waals surface area (Å²) in [6.45, 7) is 3.32. The topological polar surface area (TPSA) is 32.7 Å². The summed E-state index contributed by atoms with van der Waals surface area (Å²) < 4.78 is 0. The van der Waals surface area contributed by atoms with Crippen molar-refractivity contribution >= 4 is 11.5 Å². The molecule has 0 atom stereocenters. The van der Waals surface area contributed by atoms with Gasteiger partial charge in [-0.1, -0.05) is 91.0 Å². The number of hydrogen-bond acceptors (Lipinski definition) is 3. The summed E-state index contributed by atoms with van der Waals surface area (Å²) in [7, 11) is 0. The Morgan fingerprint density at radius 1 is 0.741 bits per heavy atom. The van der Waals surface area contributed by atoms with Gasteiger partial charge in [0.25, 0.3) is 0 Å². The number of Topliss-reactive ketones (excluding diaryl/α,β-unsaturated/α-hetero) is 1. The minimum Gasteiger partial charge on any atom is -0.294 e. The van der Waals surface area contributed by atoms with Gasteiger partial charge in [-0.2, -0.15) is 5.10 Å². The molecule has 0 aliphatic heterocycles. The maximum absolute atomic E-state index is 12.5. The van der Waals surface area contributed by atoms with Gasteiger partial charge in [-0.3, -0.25) is 9.80 Å². The summed E-state index contributed by atoms with van der Waals surface area (Å²) in [5.41, 5.74) is 3.93. The van der Waals surface area contributed by atoms with Crippen LogP contribution in [-0.2, 0) is 13.1 Å². The number of hydrazone groups is 1. The highest BCUT2D eigenvalue weighted by molar-refractivity contribution is 6.08. The molecule has 136 valence electrons. The Balaban J connectivity index is 1.74. The highest BCUT2D eigenvalue weighted by Crippen LogP contribution is 2.12. The van der Waals surface area contributed by atoms with Gasteiger partial charge in [0.2, 0.25) is 0 Å². The zero-order valence-corrected chi connectivity index (χ0v) is 15.6. The summed E-state index contributed by atoms with van der Waals surface area (Å²) in [4.78, 5) is 12.5. The maximum Gasteiger partial charge on any atom is 0.168 e. The van der Waals surface area contributed by atoms with Crippen LogP contribution in [0.3, 0.4) is 0 Å². The van der Waals surface area contributed by atoms with E-state index in [-0.39, 0.29) is 5.78 Å². The van der Waals surface area contributed by atoms with E-state index in [1.807, 2.05) is 78.7 Å². The Kier molecular flexibility index (Phi) is 6.53. The second-order valence-corrected chi connectivity index (χ2v) is 6.60. The highest BCUT2D eigenvalue weighted by atomic mass is 16.1. The van der Waals surface area contributed by atoms with Gasteiger partial charge in [0.15, 0.2) is 5.78 Å². The lowest BCUT2D eigenvalue weighted by Crippen LogP contribution is -2.19. The maximum atomic E-state index is 12.5. The second-order valence-electron chi connectivity index (χ2n) is 6.60. The van der Waals surface area contributed by atoms with Crippen molar-refractivity contribution in [1.82, 2.24) is 5.01 Å². The van der Waals surface area contributed by atoms with Crippen LogP contribution in [0.2, 0.25) is 0 Å². The van der Waals surface area contributed by atoms with Crippen molar-refractivity contribution in [2.24, 2.45) is 5.10 Å². The number of rotatable bonds is 8.